The first-order valence-electron chi connectivity index (χ1n) is 22.0. The van der Waals surface area contributed by atoms with E-state index in [9.17, 15) is 0 Å². The third-order valence-corrected chi connectivity index (χ3v) is 19.3. The molecule has 8 aromatic rings. The van der Waals surface area contributed by atoms with E-state index in [1.54, 1.807) is 0 Å². The number of benzene rings is 8. The highest BCUT2D eigenvalue weighted by Gasteiger charge is 2.42. The summed E-state index contributed by atoms with van der Waals surface area (Å²) in [6, 6.07) is 78.2. The zero-order valence-electron chi connectivity index (χ0n) is 34.6. The number of rotatable bonds is 9. The Morgan fingerprint density at radius 3 is 1.52 bits per heavy atom. The lowest BCUT2D eigenvalue weighted by molar-refractivity contribution is 0.420. The molecule has 60 heavy (non-hydrogen) atoms. The van der Waals surface area contributed by atoms with Crippen LogP contribution in [-0.4, -0.2) is 8.07 Å². The molecule has 0 saturated heterocycles. The van der Waals surface area contributed by atoms with Crippen molar-refractivity contribution in [3.63, 3.8) is 0 Å². The quantitative estimate of drug-likeness (QED) is 0.104. The van der Waals surface area contributed by atoms with E-state index in [1.165, 1.54) is 96.7 Å². The van der Waals surface area contributed by atoms with Gasteiger partial charge in [-0.2, -0.15) is 0 Å². The van der Waals surface area contributed by atoms with Gasteiger partial charge in [-0.05, 0) is 128 Å². The van der Waals surface area contributed by atoms with E-state index in [2.05, 4.69) is 225 Å². The predicted molar refractivity (Wildman–Crippen MR) is 256 cm³/mol. The summed E-state index contributed by atoms with van der Waals surface area (Å²) in [4.78, 5) is 2.55. The van der Waals surface area contributed by atoms with Crippen molar-refractivity contribution in [2.24, 2.45) is 11.8 Å². The van der Waals surface area contributed by atoms with Gasteiger partial charge in [-0.25, -0.2) is 0 Å². The molecule has 0 radical (unpaired) electrons. The van der Waals surface area contributed by atoms with Crippen LogP contribution >= 0.6 is 0 Å². The standard InChI is InChI=1S/C58H51NSi/c1-58(2)55-26-16-15-25-51(55)54-39-53(42-17-7-3-8-18-42)57(40-56(54)58)59(45-31-29-43(30-32-45)52-38-41-27-28-44(52)37-41)46-33-35-50(36-34-46)60(47-19-9-4-10-20-47,48-21-11-5-12-22-48)49-23-13-6-14-24-49/h3-26,29-36,39-41,44,52H,27-28,37-38H2,1-2H3. The summed E-state index contributed by atoms with van der Waals surface area (Å²) in [5.74, 6) is 2.45. The van der Waals surface area contributed by atoms with Crippen molar-refractivity contribution in [2.45, 2.75) is 50.9 Å². The van der Waals surface area contributed by atoms with Gasteiger partial charge in [0.25, 0.3) is 0 Å². The zero-order chi connectivity index (χ0) is 40.3. The fourth-order valence-corrected chi connectivity index (χ4v) is 16.4. The average molecular weight is 790 g/mol. The topological polar surface area (TPSA) is 3.24 Å². The maximum Gasteiger partial charge on any atom is 0.179 e. The molecule has 1 nitrogen and oxygen atoms in total. The average Bonchev–Trinajstić information content (AvgIpc) is 4.01. The van der Waals surface area contributed by atoms with Gasteiger partial charge in [-0.15, -0.1) is 0 Å². The molecule has 11 rings (SSSR count). The molecular weight excluding hydrogens is 739 g/mol. The van der Waals surface area contributed by atoms with Gasteiger partial charge in [-0.1, -0.05) is 190 Å². The Balaban J connectivity index is 1.12. The maximum atomic E-state index is 2.55. The SMILES string of the molecule is CC1(C)c2ccccc2-c2cc(-c3ccccc3)c(N(c3ccc(C4CC5CCC4C5)cc3)c3ccc([Si](c4ccccc4)(c4ccccc4)c4ccccc4)cc3)cc21. The van der Waals surface area contributed by atoms with Crippen LogP contribution in [0.5, 0.6) is 0 Å². The molecule has 8 aromatic carbocycles. The normalized spacial score (nSPS) is 18.5. The Bertz CT molecular complexity index is 2680. The molecule has 0 aromatic heterocycles. The highest BCUT2D eigenvalue weighted by molar-refractivity contribution is 7.19. The van der Waals surface area contributed by atoms with E-state index in [0.717, 1.165) is 17.5 Å². The molecule has 3 aliphatic carbocycles. The first-order chi connectivity index (χ1) is 29.5. The van der Waals surface area contributed by atoms with Crippen LogP contribution < -0.4 is 25.6 Å². The summed E-state index contributed by atoms with van der Waals surface area (Å²) in [7, 11) is -2.70. The molecule has 292 valence electrons. The molecular formula is C58H51NSi. The highest BCUT2D eigenvalue weighted by Crippen LogP contribution is 2.55. The number of anilines is 3. The monoisotopic (exact) mass is 789 g/mol. The summed E-state index contributed by atoms with van der Waals surface area (Å²) in [6.45, 7) is 4.79. The largest absolute Gasteiger partial charge is 0.310 e. The van der Waals surface area contributed by atoms with Gasteiger partial charge in [0.2, 0.25) is 0 Å². The molecule has 0 aliphatic heterocycles. The third-order valence-electron chi connectivity index (χ3n) is 14.5. The maximum absolute atomic E-state index is 2.70. The fourth-order valence-electron chi connectivity index (χ4n) is 11.6. The van der Waals surface area contributed by atoms with E-state index in [0.29, 0.717) is 5.92 Å². The summed E-state index contributed by atoms with van der Waals surface area (Å²) in [6.07, 6.45) is 5.58. The van der Waals surface area contributed by atoms with E-state index in [-0.39, 0.29) is 5.41 Å². The van der Waals surface area contributed by atoms with E-state index >= 15 is 0 Å². The van der Waals surface area contributed by atoms with Crippen molar-refractivity contribution < 1.29 is 0 Å². The molecule has 3 aliphatic rings. The second-order valence-electron chi connectivity index (χ2n) is 18.1. The molecule has 0 heterocycles. The van der Waals surface area contributed by atoms with Crippen LogP contribution in [0, 0.1) is 11.8 Å². The number of hydrogen-bond donors (Lipinski definition) is 0. The van der Waals surface area contributed by atoms with Crippen LogP contribution in [0.15, 0.2) is 206 Å². The summed E-state index contributed by atoms with van der Waals surface area (Å²) in [5.41, 5.74) is 12.9. The third kappa shape index (κ3) is 5.95. The highest BCUT2D eigenvalue weighted by atomic mass is 28.3. The summed E-state index contributed by atoms with van der Waals surface area (Å²) < 4.78 is 0. The Morgan fingerprint density at radius 1 is 0.450 bits per heavy atom. The van der Waals surface area contributed by atoms with Crippen LogP contribution in [-0.2, 0) is 5.41 Å². The Kier molecular flexibility index (Phi) is 9.08. The van der Waals surface area contributed by atoms with Crippen molar-refractivity contribution >= 4 is 45.9 Å². The van der Waals surface area contributed by atoms with Gasteiger partial charge in [0.05, 0.1) is 5.69 Å². The molecule has 2 saturated carbocycles. The molecule has 3 unspecified atom stereocenters. The first-order valence-corrected chi connectivity index (χ1v) is 24.0. The van der Waals surface area contributed by atoms with Crippen LogP contribution in [0.1, 0.15) is 62.1 Å². The molecule has 2 bridgehead atoms. The minimum absolute atomic E-state index is 0.136. The van der Waals surface area contributed by atoms with Gasteiger partial charge >= 0.3 is 0 Å². The molecule has 0 amide bonds. The number of hydrogen-bond acceptors (Lipinski definition) is 1. The lowest BCUT2D eigenvalue weighted by atomic mass is 9.81. The van der Waals surface area contributed by atoms with Gasteiger partial charge in [0, 0.05) is 22.4 Å². The molecule has 2 fully saturated rings. The molecule has 0 spiro atoms. The minimum atomic E-state index is -2.70. The van der Waals surface area contributed by atoms with Gasteiger partial charge in [0.1, 0.15) is 0 Å². The Labute approximate surface area is 357 Å². The van der Waals surface area contributed by atoms with Gasteiger partial charge in [0.15, 0.2) is 8.07 Å². The van der Waals surface area contributed by atoms with Crippen LogP contribution in [0.2, 0.25) is 0 Å². The smallest absolute Gasteiger partial charge is 0.179 e. The summed E-state index contributed by atoms with van der Waals surface area (Å²) >= 11 is 0. The Morgan fingerprint density at radius 2 is 0.967 bits per heavy atom. The molecule has 2 heteroatoms. The second-order valence-corrected chi connectivity index (χ2v) is 21.9. The molecule has 0 N–H and O–H groups in total. The molecule has 3 atom stereocenters. The van der Waals surface area contributed by atoms with Gasteiger partial charge < -0.3 is 4.90 Å². The summed E-state index contributed by atoms with van der Waals surface area (Å²) in [5, 5.41) is 5.52. The number of fused-ring (bicyclic) bond motifs is 5. The number of nitrogens with zero attached hydrogens (tertiary/aromatic N) is 1. The Hall–Kier alpha value is -6.22. The van der Waals surface area contributed by atoms with Crippen molar-refractivity contribution in [1.82, 2.24) is 0 Å². The van der Waals surface area contributed by atoms with Crippen LogP contribution in [0.4, 0.5) is 17.1 Å². The lowest BCUT2D eigenvalue weighted by Gasteiger charge is -2.35. The predicted octanol–water partition coefficient (Wildman–Crippen LogP) is 12.4. The van der Waals surface area contributed by atoms with Crippen molar-refractivity contribution in [3.05, 3.63) is 223 Å². The van der Waals surface area contributed by atoms with E-state index < -0.39 is 8.07 Å². The van der Waals surface area contributed by atoms with Crippen molar-refractivity contribution in [3.8, 4) is 22.3 Å². The van der Waals surface area contributed by atoms with E-state index in [1.807, 2.05) is 0 Å². The lowest BCUT2D eigenvalue weighted by Crippen LogP contribution is -2.74. The van der Waals surface area contributed by atoms with Gasteiger partial charge in [-0.3, -0.25) is 0 Å². The first kappa shape index (κ1) is 36.8. The fraction of sp³-hybridized carbons (Fsp3) is 0.172. The second kappa shape index (κ2) is 14.8. The van der Waals surface area contributed by atoms with Crippen LogP contribution in [0.25, 0.3) is 22.3 Å². The van der Waals surface area contributed by atoms with Crippen LogP contribution in [0.3, 0.4) is 0 Å². The minimum Gasteiger partial charge on any atom is -0.310 e. The van der Waals surface area contributed by atoms with Crippen molar-refractivity contribution in [2.75, 3.05) is 4.90 Å². The van der Waals surface area contributed by atoms with E-state index in [4.69, 9.17) is 0 Å². The van der Waals surface area contributed by atoms with Crippen molar-refractivity contribution in [1.29, 1.82) is 0 Å². The zero-order valence-corrected chi connectivity index (χ0v) is 35.6.